The quantitative estimate of drug-likeness (QED) is 0.745. The molecule has 6 nitrogen and oxygen atoms in total. The number of esters is 1. The van der Waals surface area contributed by atoms with Crippen LogP contribution in [0, 0.1) is 0 Å². The van der Waals surface area contributed by atoms with Crippen LogP contribution in [-0.2, 0) is 27.5 Å². The van der Waals surface area contributed by atoms with Crippen LogP contribution < -0.4 is 15.4 Å². The summed E-state index contributed by atoms with van der Waals surface area (Å²) in [6.07, 6.45) is 2.92. The molecule has 0 radical (unpaired) electrons. The maximum absolute atomic E-state index is 12.0. The van der Waals surface area contributed by atoms with Gasteiger partial charge in [0.25, 0.3) is 0 Å². The molecular formula is C18H26N2O4. The first kappa shape index (κ1) is 18.3. The lowest BCUT2D eigenvalue weighted by Crippen LogP contribution is -2.42. The van der Waals surface area contributed by atoms with Crippen molar-refractivity contribution >= 4 is 11.9 Å². The monoisotopic (exact) mass is 334 g/mol. The average Bonchev–Trinajstić information content (AvgIpc) is 2.77. The predicted molar refractivity (Wildman–Crippen MR) is 90.6 cm³/mol. The average molecular weight is 334 g/mol. The van der Waals surface area contributed by atoms with Crippen molar-refractivity contribution in [2.24, 2.45) is 0 Å². The predicted octanol–water partition coefficient (Wildman–Crippen LogP) is 1.91. The summed E-state index contributed by atoms with van der Waals surface area (Å²) in [7, 11) is 0. The van der Waals surface area contributed by atoms with Crippen LogP contribution in [0.3, 0.4) is 0 Å². The first-order valence-corrected chi connectivity index (χ1v) is 8.49. The fourth-order valence-corrected chi connectivity index (χ4v) is 2.71. The summed E-state index contributed by atoms with van der Waals surface area (Å²) in [5, 5.41) is 6.23. The minimum Gasteiger partial charge on any atom is -0.493 e. The molecule has 1 aliphatic rings. The zero-order chi connectivity index (χ0) is 17.4. The van der Waals surface area contributed by atoms with Crippen molar-refractivity contribution in [2.45, 2.75) is 52.3 Å². The smallest absolute Gasteiger partial charge is 0.302 e. The van der Waals surface area contributed by atoms with Gasteiger partial charge in [-0.05, 0) is 43.9 Å². The number of nitrogens with one attached hydrogen (secondary N) is 2. The first-order chi connectivity index (χ1) is 11.6. The molecule has 1 heterocycles. The summed E-state index contributed by atoms with van der Waals surface area (Å²) in [5.41, 5.74) is 1.86. The Labute approximate surface area is 142 Å². The van der Waals surface area contributed by atoms with Crippen LogP contribution in [0.15, 0.2) is 18.2 Å². The molecule has 1 aromatic carbocycles. The van der Waals surface area contributed by atoms with E-state index in [9.17, 15) is 9.59 Å². The number of benzene rings is 1. The van der Waals surface area contributed by atoms with Crippen molar-refractivity contribution in [2.75, 3.05) is 13.2 Å². The Morgan fingerprint density at radius 3 is 2.96 bits per heavy atom. The van der Waals surface area contributed by atoms with E-state index < -0.39 is 0 Å². The van der Waals surface area contributed by atoms with E-state index in [-0.39, 0.29) is 24.5 Å². The van der Waals surface area contributed by atoms with Crippen LogP contribution in [0.25, 0.3) is 0 Å². The second-order valence-corrected chi connectivity index (χ2v) is 5.88. The highest BCUT2D eigenvalue weighted by atomic mass is 16.5. The Balaban J connectivity index is 2.02. The molecule has 1 aliphatic heterocycles. The molecule has 1 aromatic rings. The van der Waals surface area contributed by atoms with E-state index in [1.165, 1.54) is 6.92 Å². The van der Waals surface area contributed by atoms with E-state index in [0.717, 1.165) is 42.7 Å². The largest absolute Gasteiger partial charge is 0.493 e. The molecule has 24 heavy (non-hydrogen) atoms. The van der Waals surface area contributed by atoms with Gasteiger partial charge in [-0.3, -0.25) is 9.59 Å². The molecule has 2 rings (SSSR count). The van der Waals surface area contributed by atoms with Crippen LogP contribution in [0.5, 0.6) is 5.75 Å². The minimum absolute atomic E-state index is 0.0681. The van der Waals surface area contributed by atoms with Crippen LogP contribution in [-0.4, -0.2) is 31.1 Å². The Kier molecular flexibility index (Phi) is 7.06. The maximum atomic E-state index is 12.0. The summed E-state index contributed by atoms with van der Waals surface area (Å²) in [4.78, 5) is 23.0. The number of hydrogen-bond donors (Lipinski definition) is 2. The summed E-state index contributed by atoms with van der Waals surface area (Å²) in [6, 6.07) is 5.64. The van der Waals surface area contributed by atoms with E-state index in [2.05, 4.69) is 10.6 Å². The fraction of sp³-hybridized carbons (Fsp3) is 0.556. The molecule has 1 atom stereocenters. The molecule has 0 unspecified atom stereocenters. The van der Waals surface area contributed by atoms with Crippen LogP contribution in [0.4, 0.5) is 0 Å². The lowest BCUT2D eigenvalue weighted by atomic mass is 10.1. The molecule has 6 heteroatoms. The van der Waals surface area contributed by atoms with E-state index in [0.29, 0.717) is 13.2 Å². The van der Waals surface area contributed by atoms with Gasteiger partial charge >= 0.3 is 5.97 Å². The van der Waals surface area contributed by atoms with E-state index in [1.807, 2.05) is 25.1 Å². The SMILES string of the molecule is CCOc1ccc(CN[C@H]2CCCCNC2=O)cc1COC(C)=O. The zero-order valence-corrected chi connectivity index (χ0v) is 14.4. The van der Waals surface area contributed by atoms with Crippen LogP contribution in [0.1, 0.15) is 44.2 Å². The number of ether oxygens (including phenoxy) is 2. The third-order valence-electron chi connectivity index (χ3n) is 3.94. The zero-order valence-electron chi connectivity index (χ0n) is 14.4. The van der Waals surface area contributed by atoms with Crippen molar-refractivity contribution in [3.63, 3.8) is 0 Å². The number of hydrogen-bond acceptors (Lipinski definition) is 5. The number of carbonyl (C=O) groups excluding carboxylic acids is 2. The van der Waals surface area contributed by atoms with Crippen molar-refractivity contribution in [3.05, 3.63) is 29.3 Å². The molecule has 0 saturated carbocycles. The third-order valence-corrected chi connectivity index (χ3v) is 3.94. The molecule has 0 aliphatic carbocycles. The van der Waals surface area contributed by atoms with Gasteiger partial charge < -0.3 is 20.1 Å². The van der Waals surface area contributed by atoms with E-state index in [4.69, 9.17) is 9.47 Å². The van der Waals surface area contributed by atoms with Crippen LogP contribution >= 0.6 is 0 Å². The molecule has 0 spiro atoms. The Morgan fingerprint density at radius 1 is 1.38 bits per heavy atom. The Morgan fingerprint density at radius 2 is 2.21 bits per heavy atom. The highest BCUT2D eigenvalue weighted by Crippen LogP contribution is 2.22. The first-order valence-electron chi connectivity index (χ1n) is 8.49. The molecular weight excluding hydrogens is 308 g/mol. The van der Waals surface area contributed by atoms with Crippen molar-refractivity contribution in [1.82, 2.24) is 10.6 Å². The summed E-state index contributed by atoms with van der Waals surface area (Å²) >= 11 is 0. The Bertz CT molecular complexity index is 574. The van der Waals surface area contributed by atoms with E-state index >= 15 is 0 Å². The van der Waals surface area contributed by atoms with Gasteiger partial charge in [-0.25, -0.2) is 0 Å². The second kappa shape index (κ2) is 9.27. The van der Waals surface area contributed by atoms with Gasteiger partial charge in [-0.1, -0.05) is 6.07 Å². The number of carbonyl (C=O) groups is 2. The number of amides is 1. The molecule has 0 aromatic heterocycles. The van der Waals surface area contributed by atoms with Gasteiger partial charge in [0.05, 0.1) is 12.6 Å². The van der Waals surface area contributed by atoms with Crippen molar-refractivity contribution in [1.29, 1.82) is 0 Å². The molecule has 0 bridgehead atoms. The van der Waals surface area contributed by atoms with Gasteiger partial charge in [-0.15, -0.1) is 0 Å². The van der Waals surface area contributed by atoms with Gasteiger partial charge in [0, 0.05) is 25.6 Å². The van der Waals surface area contributed by atoms with Gasteiger partial charge in [0.1, 0.15) is 12.4 Å². The number of rotatable bonds is 7. The van der Waals surface area contributed by atoms with Crippen molar-refractivity contribution < 1.29 is 19.1 Å². The maximum Gasteiger partial charge on any atom is 0.302 e. The topological polar surface area (TPSA) is 76.7 Å². The Hall–Kier alpha value is -2.08. The standard InChI is InChI=1S/C18H26N2O4/c1-3-23-17-8-7-14(10-15(17)12-24-13(2)21)11-20-16-6-4-5-9-19-18(16)22/h7-8,10,16,20H,3-6,9,11-12H2,1-2H3,(H,19,22)/t16-/m0/s1. The third kappa shape index (κ3) is 5.53. The molecule has 1 amide bonds. The lowest BCUT2D eigenvalue weighted by molar-refractivity contribution is -0.142. The lowest BCUT2D eigenvalue weighted by Gasteiger charge is -2.16. The van der Waals surface area contributed by atoms with Crippen LogP contribution in [0.2, 0.25) is 0 Å². The molecule has 1 saturated heterocycles. The van der Waals surface area contributed by atoms with Gasteiger partial charge in [-0.2, -0.15) is 0 Å². The fourth-order valence-electron chi connectivity index (χ4n) is 2.71. The molecule has 1 fully saturated rings. The minimum atomic E-state index is -0.323. The van der Waals surface area contributed by atoms with Gasteiger partial charge in [0.2, 0.25) is 5.91 Å². The second-order valence-electron chi connectivity index (χ2n) is 5.88. The van der Waals surface area contributed by atoms with Gasteiger partial charge in [0.15, 0.2) is 0 Å². The van der Waals surface area contributed by atoms with E-state index in [1.54, 1.807) is 0 Å². The normalized spacial score (nSPS) is 17.8. The summed E-state index contributed by atoms with van der Waals surface area (Å²) in [6.45, 7) is 5.37. The summed E-state index contributed by atoms with van der Waals surface area (Å²) in [5.74, 6) is 0.462. The van der Waals surface area contributed by atoms with Crippen molar-refractivity contribution in [3.8, 4) is 5.75 Å². The summed E-state index contributed by atoms with van der Waals surface area (Å²) < 4.78 is 10.7. The molecule has 132 valence electrons. The highest BCUT2D eigenvalue weighted by Gasteiger charge is 2.19. The molecule has 2 N–H and O–H groups in total. The highest BCUT2D eigenvalue weighted by molar-refractivity contribution is 5.81.